The largest absolute Gasteiger partial charge is 0.389 e. The van der Waals surface area contributed by atoms with E-state index in [2.05, 4.69) is 11.4 Å². The highest BCUT2D eigenvalue weighted by Gasteiger charge is 2.28. The molecule has 5 heteroatoms. The minimum absolute atomic E-state index is 0.165. The Morgan fingerprint density at radius 3 is 2.63 bits per heavy atom. The topological polar surface area (TPSA) is 12.0 Å². The SMILES string of the molecule is FC(F)(F)CCCNC(c1cccs1)C1CCCC1. The number of alkyl halides is 3. The number of hydrogen-bond donors (Lipinski definition) is 1. The normalized spacial score (nSPS) is 18.9. The van der Waals surface area contributed by atoms with E-state index in [1.54, 1.807) is 11.3 Å². The van der Waals surface area contributed by atoms with Crippen LogP contribution in [0.1, 0.15) is 49.4 Å². The van der Waals surface area contributed by atoms with Crippen molar-refractivity contribution >= 4 is 11.3 Å². The summed E-state index contributed by atoms with van der Waals surface area (Å²) in [6.07, 6.45) is 0.310. The van der Waals surface area contributed by atoms with Crippen molar-refractivity contribution in [2.45, 2.75) is 50.7 Å². The maximum Gasteiger partial charge on any atom is 0.389 e. The molecule has 1 aliphatic carbocycles. The minimum atomic E-state index is -4.03. The lowest BCUT2D eigenvalue weighted by Gasteiger charge is -2.24. The van der Waals surface area contributed by atoms with Crippen LogP contribution in [0.4, 0.5) is 13.2 Å². The van der Waals surface area contributed by atoms with Gasteiger partial charge in [-0.1, -0.05) is 18.9 Å². The average Bonchev–Trinajstić information content (AvgIpc) is 3.00. The molecule has 0 aromatic carbocycles. The summed E-state index contributed by atoms with van der Waals surface area (Å²) in [4.78, 5) is 1.26. The molecule has 0 aliphatic heterocycles. The van der Waals surface area contributed by atoms with E-state index in [1.807, 2.05) is 11.4 Å². The molecule has 1 aromatic heterocycles. The van der Waals surface area contributed by atoms with Gasteiger partial charge in [-0.15, -0.1) is 11.3 Å². The Morgan fingerprint density at radius 1 is 1.32 bits per heavy atom. The first-order valence-electron chi connectivity index (χ1n) is 6.90. The molecular weight excluding hydrogens is 271 g/mol. The van der Waals surface area contributed by atoms with E-state index in [9.17, 15) is 13.2 Å². The van der Waals surface area contributed by atoms with Crippen molar-refractivity contribution in [3.05, 3.63) is 22.4 Å². The summed E-state index contributed by atoms with van der Waals surface area (Å²) in [5.74, 6) is 0.588. The van der Waals surface area contributed by atoms with Gasteiger partial charge in [-0.05, 0) is 43.2 Å². The van der Waals surface area contributed by atoms with E-state index in [1.165, 1.54) is 30.6 Å². The fourth-order valence-electron chi connectivity index (χ4n) is 2.80. The zero-order valence-corrected chi connectivity index (χ0v) is 11.7. The zero-order chi connectivity index (χ0) is 13.7. The van der Waals surface area contributed by atoms with E-state index < -0.39 is 12.6 Å². The molecule has 1 fully saturated rings. The van der Waals surface area contributed by atoms with Gasteiger partial charge in [0, 0.05) is 17.3 Å². The van der Waals surface area contributed by atoms with Gasteiger partial charge in [0.1, 0.15) is 0 Å². The molecule has 1 aromatic rings. The Bertz CT molecular complexity index is 355. The monoisotopic (exact) mass is 291 g/mol. The van der Waals surface area contributed by atoms with Crippen molar-refractivity contribution in [1.82, 2.24) is 5.32 Å². The second kappa shape index (κ2) is 6.75. The van der Waals surface area contributed by atoms with Crippen LogP contribution in [0.25, 0.3) is 0 Å². The Kier molecular flexibility index (Phi) is 5.28. The van der Waals surface area contributed by atoms with E-state index in [0.29, 0.717) is 12.5 Å². The Labute approximate surface area is 116 Å². The lowest BCUT2D eigenvalue weighted by atomic mass is 9.96. The van der Waals surface area contributed by atoms with Gasteiger partial charge >= 0.3 is 6.18 Å². The smallest absolute Gasteiger partial charge is 0.309 e. The van der Waals surface area contributed by atoms with Gasteiger partial charge in [0.05, 0.1) is 0 Å². The van der Waals surface area contributed by atoms with E-state index in [0.717, 1.165) is 0 Å². The van der Waals surface area contributed by atoms with Crippen molar-refractivity contribution in [2.24, 2.45) is 5.92 Å². The molecule has 0 bridgehead atoms. The Balaban J connectivity index is 1.84. The standard InChI is InChI=1S/C14H20F3NS/c15-14(16,17)8-4-9-18-13(11-5-1-2-6-11)12-7-3-10-19-12/h3,7,10-11,13,18H,1-2,4-6,8-9H2. The first-order chi connectivity index (χ1) is 9.06. The fraction of sp³-hybridized carbons (Fsp3) is 0.714. The van der Waals surface area contributed by atoms with Crippen LogP contribution in [0.2, 0.25) is 0 Å². The second-order valence-corrected chi connectivity index (χ2v) is 6.19. The van der Waals surface area contributed by atoms with E-state index in [-0.39, 0.29) is 12.5 Å². The molecule has 1 nitrogen and oxygen atoms in total. The molecule has 2 rings (SSSR count). The van der Waals surface area contributed by atoms with Crippen LogP contribution < -0.4 is 5.32 Å². The molecule has 0 spiro atoms. The highest BCUT2D eigenvalue weighted by atomic mass is 32.1. The number of hydrogen-bond acceptors (Lipinski definition) is 2. The first-order valence-corrected chi connectivity index (χ1v) is 7.78. The van der Waals surface area contributed by atoms with Crippen LogP contribution in [0.3, 0.4) is 0 Å². The van der Waals surface area contributed by atoms with Gasteiger partial charge in [0.2, 0.25) is 0 Å². The molecular formula is C14H20F3NS. The molecule has 1 saturated carbocycles. The van der Waals surface area contributed by atoms with Gasteiger partial charge in [-0.25, -0.2) is 0 Å². The second-order valence-electron chi connectivity index (χ2n) is 5.21. The summed E-state index contributed by atoms with van der Waals surface area (Å²) < 4.78 is 36.4. The van der Waals surface area contributed by atoms with Crippen molar-refractivity contribution in [3.8, 4) is 0 Å². The van der Waals surface area contributed by atoms with E-state index in [4.69, 9.17) is 0 Å². The van der Waals surface area contributed by atoms with Gasteiger partial charge in [0.25, 0.3) is 0 Å². The number of rotatable bonds is 6. The highest BCUT2D eigenvalue weighted by Crippen LogP contribution is 2.37. The van der Waals surface area contributed by atoms with Crippen LogP contribution in [-0.2, 0) is 0 Å². The Morgan fingerprint density at radius 2 is 2.05 bits per heavy atom. The van der Waals surface area contributed by atoms with Gasteiger partial charge in [-0.3, -0.25) is 0 Å². The lowest BCUT2D eigenvalue weighted by molar-refractivity contribution is -0.135. The van der Waals surface area contributed by atoms with Crippen molar-refractivity contribution in [1.29, 1.82) is 0 Å². The van der Waals surface area contributed by atoms with Crippen LogP contribution in [-0.4, -0.2) is 12.7 Å². The maximum atomic E-state index is 12.1. The molecule has 1 N–H and O–H groups in total. The fourth-order valence-corrected chi connectivity index (χ4v) is 3.70. The molecule has 1 heterocycles. The molecule has 19 heavy (non-hydrogen) atoms. The molecule has 1 aliphatic rings. The Hall–Kier alpha value is -0.550. The van der Waals surface area contributed by atoms with Gasteiger partial charge < -0.3 is 5.32 Å². The van der Waals surface area contributed by atoms with Crippen LogP contribution in [0.15, 0.2) is 17.5 Å². The summed E-state index contributed by atoms with van der Waals surface area (Å²) in [5, 5.41) is 5.38. The minimum Gasteiger partial charge on any atom is -0.309 e. The van der Waals surface area contributed by atoms with Gasteiger partial charge in [0.15, 0.2) is 0 Å². The summed E-state index contributed by atoms with van der Waals surface area (Å²) in [6, 6.07) is 4.35. The quantitative estimate of drug-likeness (QED) is 0.734. The van der Waals surface area contributed by atoms with E-state index >= 15 is 0 Å². The molecule has 0 radical (unpaired) electrons. The summed E-state index contributed by atoms with van der Waals surface area (Å²) >= 11 is 1.70. The predicted molar refractivity (Wildman–Crippen MR) is 72.3 cm³/mol. The highest BCUT2D eigenvalue weighted by molar-refractivity contribution is 7.10. The number of thiophene rings is 1. The summed E-state index contributed by atoms with van der Waals surface area (Å²) in [6.45, 7) is 0.443. The zero-order valence-electron chi connectivity index (χ0n) is 10.9. The molecule has 0 amide bonds. The van der Waals surface area contributed by atoms with Crippen LogP contribution >= 0.6 is 11.3 Å². The summed E-state index contributed by atoms with van der Waals surface area (Å²) in [7, 11) is 0. The van der Waals surface area contributed by atoms with Gasteiger partial charge in [-0.2, -0.15) is 13.2 Å². The third-order valence-electron chi connectivity index (χ3n) is 3.72. The third kappa shape index (κ3) is 4.80. The number of nitrogens with one attached hydrogen (secondary N) is 1. The maximum absolute atomic E-state index is 12.1. The molecule has 1 atom stereocenters. The average molecular weight is 291 g/mol. The predicted octanol–water partition coefficient (Wildman–Crippen LogP) is 4.91. The first kappa shape index (κ1) is 14.9. The van der Waals surface area contributed by atoms with Crippen LogP contribution in [0.5, 0.6) is 0 Å². The summed E-state index contributed by atoms with van der Waals surface area (Å²) in [5.41, 5.74) is 0. The lowest BCUT2D eigenvalue weighted by Crippen LogP contribution is -2.28. The number of halogens is 3. The molecule has 108 valence electrons. The van der Waals surface area contributed by atoms with Crippen molar-refractivity contribution < 1.29 is 13.2 Å². The van der Waals surface area contributed by atoms with Crippen LogP contribution in [0, 0.1) is 5.92 Å². The molecule has 1 unspecified atom stereocenters. The van der Waals surface area contributed by atoms with Crippen molar-refractivity contribution in [2.75, 3.05) is 6.54 Å². The molecule has 0 saturated heterocycles. The van der Waals surface area contributed by atoms with Crippen molar-refractivity contribution in [3.63, 3.8) is 0 Å². The third-order valence-corrected chi connectivity index (χ3v) is 4.68.